The normalized spacial score (nSPS) is 11.6. The molecule has 53 heavy (non-hydrogen) atoms. The number of benzene rings is 1. The van der Waals surface area contributed by atoms with Crippen molar-refractivity contribution in [2.24, 2.45) is 0 Å². The van der Waals surface area contributed by atoms with E-state index in [1.807, 2.05) is 0 Å². The fraction of sp³-hybridized carbons (Fsp3) is 0.745. The SMILES string of the molecule is CCCCCCCCCCCCCCCCCCCCCCOc1ccc(C=Cc2cc[n+](CCCCCCCCCCCCCCCC)cc2)cc1. The second-order valence-electron chi connectivity index (χ2n) is 16.4. The molecule has 1 aromatic heterocycles. The van der Waals surface area contributed by atoms with Crippen molar-refractivity contribution >= 4 is 12.2 Å². The van der Waals surface area contributed by atoms with Gasteiger partial charge in [-0.2, -0.15) is 0 Å². The van der Waals surface area contributed by atoms with E-state index in [-0.39, 0.29) is 0 Å². The Morgan fingerprint density at radius 3 is 1.02 bits per heavy atom. The van der Waals surface area contributed by atoms with Crippen molar-refractivity contribution < 1.29 is 9.30 Å². The Hall–Kier alpha value is -2.09. The zero-order valence-electron chi connectivity index (χ0n) is 35.6. The molecule has 302 valence electrons. The number of hydrogen-bond donors (Lipinski definition) is 0. The molecule has 0 saturated carbocycles. The van der Waals surface area contributed by atoms with Gasteiger partial charge in [0.05, 0.1) is 6.61 Å². The average Bonchev–Trinajstić information content (AvgIpc) is 3.18. The maximum Gasteiger partial charge on any atom is 0.169 e. The second kappa shape index (κ2) is 36.9. The van der Waals surface area contributed by atoms with E-state index in [2.05, 4.69) is 79.4 Å². The molecule has 0 N–H and O–H groups in total. The quantitative estimate of drug-likeness (QED) is 0.0493. The van der Waals surface area contributed by atoms with Crippen LogP contribution in [0.15, 0.2) is 48.8 Å². The van der Waals surface area contributed by atoms with Crippen LogP contribution in [0.5, 0.6) is 5.75 Å². The van der Waals surface area contributed by atoms with Crippen LogP contribution in [0.4, 0.5) is 0 Å². The lowest BCUT2D eigenvalue weighted by Crippen LogP contribution is -2.32. The fourth-order valence-electron chi connectivity index (χ4n) is 7.63. The highest BCUT2D eigenvalue weighted by molar-refractivity contribution is 5.69. The molecular formula is C51H88NO+. The monoisotopic (exact) mass is 731 g/mol. The van der Waals surface area contributed by atoms with Gasteiger partial charge in [-0.1, -0.05) is 237 Å². The number of nitrogens with zero attached hydrogens (tertiary/aromatic N) is 1. The minimum Gasteiger partial charge on any atom is -0.494 e. The standard InChI is InChI=1S/C51H88NO/c1-3-5-7-9-11-13-15-17-19-20-21-22-23-24-26-28-30-32-34-36-48-53-51-41-39-49(40-42-51)37-38-50-43-46-52(47-44-50)45-35-33-31-29-27-25-18-16-14-12-10-8-6-4-2/h37-44,46-47H,3-36,45,48H2,1-2H3/q+1. The number of pyridine rings is 1. The van der Waals surface area contributed by atoms with Gasteiger partial charge in [0.1, 0.15) is 12.3 Å². The average molecular weight is 731 g/mol. The van der Waals surface area contributed by atoms with Gasteiger partial charge in [-0.05, 0) is 36.1 Å². The summed E-state index contributed by atoms with van der Waals surface area (Å²) in [5.41, 5.74) is 2.47. The first kappa shape index (κ1) is 47.1. The van der Waals surface area contributed by atoms with Gasteiger partial charge >= 0.3 is 0 Å². The van der Waals surface area contributed by atoms with Crippen LogP contribution in [-0.4, -0.2) is 6.61 Å². The fourth-order valence-corrected chi connectivity index (χ4v) is 7.63. The van der Waals surface area contributed by atoms with Gasteiger partial charge in [0, 0.05) is 18.6 Å². The Bertz CT molecular complexity index is 1040. The molecule has 0 atom stereocenters. The van der Waals surface area contributed by atoms with E-state index in [0.717, 1.165) is 25.3 Å². The molecule has 2 aromatic rings. The van der Waals surface area contributed by atoms with Gasteiger partial charge in [-0.25, -0.2) is 4.57 Å². The first-order chi connectivity index (χ1) is 26.3. The van der Waals surface area contributed by atoms with E-state index >= 15 is 0 Å². The summed E-state index contributed by atoms with van der Waals surface area (Å²) in [4.78, 5) is 0. The van der Waals surface area contributed by atoms with Crippen molar-refractivity contribution in [2.75, 3.05) is 6.61 Å². The first-order valence-electron chi connectivity index (χ1n) is 23.7. The van der Waals surface area contributed by atoms with Crippen molar-refractivity contribution in [3.05, 3.63) is 59.9 Å². The summed E-state index contributed by atoms with van der Waals surface area (Å²) in [7, 11) is 0. The van der Waals surface area contributed by atoms with Gasteiger partial charge in [0.15, 0.2) is 12.4 Å². The summed E-state index contributed by atoms with van der Waals surface area (Å²) in [6.45, 7) is 6.56. The molecule has 0 fully saturated rings. The number of unbranched alkanes of at least 4 members (excludes halogenated alkanes) is 32. The molecule has 1 aromatic carbocycles. The highest BCUT2D eigenvalue weighted by Crippen LogP contribution is 2.18. The van der Waals surface area contributed by atoms with Crippen LogP contribution in [-0.2, 0) is 6.54 Å². The van der Waals surface area contributed by atoms with E-state index in [9.17, 15) is 0 Å². The summed E-state index contributed by atoms with van der Waals surface area (Å²) < 4.78 is 8.38. The van der Waals surface area contributed by atoms with Crippen LogP contribution in [0.3, 0.4) is 0 Å². The van der Waals surface area contributed by atoms with Gasteiger partial charge in [0.25, 0.3) is 0 Å². The van der Waals surface area contributed by atoms with E-state index in [4.69, 9.17) is 4.74 Å². The van der Waals surface area contributed by atoms with Crippen LogP contribution >= 0.6 is 0 Å². The van der Waals surface area contributed by atoms with Crippen LogP contribution in [0.2, 0.25) is 0 Å². The maximum absolute atomic E-state index is 6.04. The number of aryl methyl sites for hydroxylation is 1. The second-order valence-corrected chi connectivity index (χ2v) is 16.4. The Balaban J connectivity index is 1.36. The summed E-state index contributed by atoms with van der Waals surface area (Å²) >= 11 is 0. The van der Waals surface area contributed by atoms with E-state index in [1.54, 1.807) is 0 Å². The summed E-state index contributed by atoms with van der Waals surface area (Å²) in [5.74, 6) is 0.990. The van der Waals surface area contributed by atoms with Crippen LogP contribution in [0.25, 0.3) is 12.2 Å². The molecule has 0 bridgehead atoms. The van der Waals surface area contributed by atoms with Crippen molar-refractivity contribution in [1.29, 1.82) is 0 Å². The van der Waals surface area contributed by atoms with Gasteiger partial charge < -0.3 is 4.74 Å². The van der Waals surface area contributed by atoms with Gasteiger partial charge in [-0.15, -0.1) is 0 Å². The van der Waals surface area contributed by atoms with E-state index in [0.29, 0.717) is 0 Å². The van der Waals surface area contributed by atoms with E-state index < -0.39 is 0 Å². The minimum atomic E-state index is 0.831. The highest BCUT2D eigenvalue weighted by atomic mass is 16.5. The van der Waals surface area contributed by atoms with Crippen molar-refractivity contribution in [2.45, 2.75) is 239 Å². The Labute approximate surface area is 331 Å². The number of hydrogen-bond acceptors (Lipinski definition) is 1. The largest absolute Gasteiger partial charge is 0.494 e. The topological polar surface area (TPSA) is 13.1 Å². The van der Waals surface area contributed by atoms with E-state index in [1.165, 1.54) is 223 Å². The number of aromatic nitrogens is 1. The van der Waals surface area contributed by atoms with Gasteiger partial charge in [-0.3, -0.25) is 0 Å². The van der Waals surface area contributed by atoms with Crippen LogP contribution in [0, 0.1) is 0 Å². The molecule has 0 spiro atoms. The zero-order chi connectivity index (χ0) is 37.5. The third-order valence-electron chi connectivity index (χ3n) is 11.3. The third kappa shape index (κ3) is 29.9. The predicted octanol–water partition coefficient (Wildman–Crippen LogP) is 16.8. The molecule has 2 rings (SSSR count). The molecule has 2 heteroatoms. The summed E-state index contributed by atoms with van der Waals surface area (Å²) in [6.07, 6.45) is 57.1. The molecule has 2 nitrogen and oxygen atoms in total. The molecule has 0 radical (unpaired) electrons. The number of rotatable bonds is 39. The van der Waals surface area contributed by atoms with Crippen LogP contribution < -0.4 is 9.30 Å². The van der Waals surface area contributed by atoms with Crippen LogP contribution in [0.1, 0.15) is 243 Å². The Kier molecular flexibility index (Phi) is 32.7. The molecular weight excluding hydrogens is 643 g/mol. The van der Waals surface area contributed by atoms with Crippen molar-refractivity contribution in [1.82, 2.24) is 0 Å². The van der Waals surface area contributed by atoms with Crippen molar-refractivity contribution in [3.63, 3.8) is 0 Å². The van der Waals surface area contributed by atoms with Gasteiger partial charge in [0.2, 0.25) is 0 Å². The Morgan fingerprint density at radius 1 is 0.358 bits per heavy atom. The smallest absolute Gasteiger partial charge is 0.169 e. The molecule has 0 unspecified atom stereocenters. The lowest BCUT2D eigenvalue weighted by atomic mass is 10.0. The molecule has 0 aliphatic heterocycles. The molecule has 0 aliphatic rings. The predicted molar refractivity (Wildman–Crippen MR) is 236 cm³/mol. The summed E-state index contributed by atoms with van der Waals surface area (Å²) in [6, 6.07) is 13.0. The molecule has 1 heterocycles. The Morgan fingerprint density at radius 2 is 0.660 bits per heavy atom. The lowest BCUT2D eigenvalue weighted by molar-refractivity contribution is -0.697. The molecule has 0 saturated heterocycles. The first-order valence-corrected chi connectivity index (χ1v) is 23.7. The zero-order valence-corrected chi connectivity index (χ0v) is 35.6. The minimum absolute atomic E-state index is 0.831. The number of ether oxygens (including phenoxy) is 1. The molecule has 0 aliphatic carbocycles. The highest BCUT2D eigenvalue weighted by Gasteiger charge is 2.02. The molecule has 0 amide bonds. The lowest BCUT2D eigenvalue weighted by Gasteiger charge is -2.07. The maximum atomic E-state index is 6.04. The van der Waals surface area contributed by atoms with Crippen molar-refractivity contribution in [3.8, 4) is 5.75 Å². The third-order valence-corrected chi connectivity index (χ3v) is 11.3. The summed E-state index contributed by atoms with van der Waals surface area (Å²) in [5, 5.41) is 0.